The molecule has 1 N–H and O–H groups in total. The van der Waals surface area contributed by atoms with E-state index in [0.29, 0.717) is 23.4 Å². The lowest BCUT2D eigenvalue weighted by molar-refractivity contribution is -0.125. The Labute approximate surface area is 176 Å². The highest BCUT2D eigenvalue weighted by molar-refractivity contribution is 5.98. The lowest BCUT2D eigenvalue weighted by Crippen LogP contribution is -2.26. The van der Waals surface area contributed by atoms with Crippen LogP contribution in [0.15, 0.2) is 72.8 Å². The molecule has 1 amide bonds. The molecular weight excluding hydrogens is 378 g/mol. The molecule has 1 atom stereocenters. The topological polar surface area (TPSA) is 64.6 Å². The summed E-state index contributed by atoms with van der Waals surface area (Å²) >= 11 is 0. The van der Waals surface area contributed by atoms with Crippen LogP contribution in [-0.2, 0) is 20.9 Å². The van der Waals surface area contributed by atoms with Gasteiger partial charge in [-0.2, -0.15) is 0 Å². The lowest BCUT2D eigenvalue weighted by atomic mass is 10.1. The Balaban J connectivity index is 1.86. The van der Waals surface area contributed by atoms with Gasteiger partial charge in [-0.15, -0.1) is 0 Å². The summed E-state index contributed by atoms with van der Waals surface area (Å²) in [5, 5.41) is 2.90. The number of rotatable bonds is 7. The highest BCUT2D eigenvalue weighted by Crippen LogP contribution is 2.24. The quantitative estimate of drug-likeness (QED) is 0.565. The van der Waals surface area contributed by atoms with Crippen molar-refractivity contribution < 1.29 is 19.1 Å². The SMILES string of the molecule is COCc1cccc(C(=O)O[C@@H](C(=O)Nc2cc(C)ccc2C)c2ccccc2)c1. The lowest BCUT2D eigenvalue weighted by Gasteiger charge is -2.19. The molecule has 3 aromatic carbocycles. The molecule has 0 saturated heterocycles. The average molecular weight is 403 g/mol. The van der Waals surface area contributed by atoms with Crippen LogP contribution in [0.25, 0.3) is 0 Å². The molecule has 0 aliphatic carbocycles. The summed E-state index contributed by atoms with van der Waals surface area (Å²) in [6.07, 6.45) is -1.08. The molecule has 0 radical (unpaired) electrons. The Morgan fingerprint density at radius 1 is 0.933 bits per heavy atom. The number of methoxy groups -OCH3 is 1. The number of aryl methyl sites for hydroxylation is 2. The van der Waals surface area contributed by atoms with E-state index in [1.165, 1.54) is 0 Å². The fourth-order valence-electron chi connectivity index (χ4n) is 3.10. The van der Waals surface area contributed by atoms with Gasteiger partial charge in [0, 0.05) is 18.4 Å². The van der Waals surface area contributed by atoms with Crippen molar-refractivity contribution in [2.24, 2.45) is 0 Å². The van der Waals surface area contributed by atoms with Gasteiger partial charge in [0.15, 0.2) is 0 Å². The minimum Gasteiger partial charge on any atom is -0.444 e. The molecule has 154 valence electrons. The Kier molecular flexibility index (Phi) is 6.99. The molecule has 0 spiro atoms. The van der Waals surface area contributed by atoms with Gasteiger partial charge in [-0.05, 0) is 48.7 Å². The van der Waals surface area contributed by atoms with Crippen LogP contribution in [0, 0.1) is 13.8 Å². The second-order valence-electron chi connectivity index (χ2n) is 7.14. The maximum absolute atomic E-state index is 13.1. The molecule has 0 bridgehead atoms. The summed E-state index contributed by atoms with van der Waals surface area (Å²) in [6.45, 7) is 4.26. The third-order valence-corrected chi connectivity index (χ3v) is 4.69. The van der Waals surface area contributed by atoms with E-state index in [0.717, 1.165) is 16.7 Å². The predicted molar refractivity (Wildman–Crippen MR) is 116 cm³/mol. The normalized spacial score (nSPS) is 11.6. The van der Waals surface area contributed by atoms with Crippen LogP contribution in [0.5, 0.6) is 0 Å². The third-order valence-electron chi connectivity index (χ3n) is 4.69. The van der Waals surface area contributed by atoms with E-state index in [-0.39, 0.29) is 0 Å². The Hall–Kier alpha value is -3.44. The monoisotopic (exact) mass is 403 g/mol. The predicted octanol–water partition coefficient (Wildman–Crippen LogP) is 4.99. The molecule has 0 unspecified atom stereocenters. The largest absolute Gasteiger partial charge is 0.444 e. The molecule has 0 saturated carbocycles. The zero-order valence-electron chi connectivity index (χ0n) is 17.3. The number of amides is 1. The Morgan fingerprint density at radius 2 is 1.70 bits per heavy atom. The number of ether oxygens (including phenoxy) is 2. The fourth-order valence-corrected chi connectivity index (χ4v) is 3.10. The third kappa shape index (κ3) is 5.33. The molecule has 0 heterocycles. The van der Waals surface area contributed by atoms with Crippen LogP contribution < -0.4 is 5.32 Å². The van der Waals surface area contributed by atoms with E-state index < -0.39 is 18.0 Å². The maximum atomic E-state index is 13.1. The molecule has 3 aromatic rings. The first kappa shape index (κ1) is 21.3. The zero-order valence-corrected chi connectivity index (χ0v) is 17.3. The van der Waals surface area contributed by atoms with Crippen LogP contribution in [0.2, 0.25) is 0 Å². The standard InChI is InChI=1S/C25H25NO4/c1-17-12-13-18(2)22(14-17)26-24(27)23(20-9-5-4-6-10-20)30-25(28)21-11-7-8-19(15-21)16-29-3/h4-15,23H,16H2,1-3H3,(H,26,27)/t23-/m1/s1. The van der Waals surface area contributed by atoms with Crippen molar-refractivity contribution in [1.82, 2.24) is 0 Å². The Morgan fingerprint density at radius 3 is 2.43 bits per heavy atom. The number of carbonyl (C=O) groups is 2. The van der Waals surface area contributed by atoms with Crippen LogP contribution in [-0.4, -0.2) is 19.0 Å². The van der Waals surface area contributed by atoms with Gasteiger partial charge in [0.1, 0.15) is 0 Å². The minimum atomic E-state index is -1.08. The minimum absolute atomic E-state index is 0.366. The smallest absolute Gasteiger partial charge is 0.339 e. The van der Waals surface area contributed by atoms with Crippen LogP contribution in [0.4, 0.5) is 5.69 Å². The molecule has 0 fully saturated rings. The summed E-state index contributed by atoms with van der Waals surface area (Å²) in [7, 11) is 1.59. The van der Waals surface area contributed by atoms with Gasteiger partial charge in [0.05, 0.1) is 12.2 Å². The van der Waals surface area contributed by atoms with Gasteiger partial charge >= 0.3 is 5.97 Å². The van der Waals surface area contributed by atoms with Gasteiger partial charge < -0.3 is 14.8 Å². The maximum Gasteiger partial charge on any atom is 0.339 e. The van der Waals surface area contributed by atoms with E-state index in [1.54, 1.807) is 49.6 Å². The summed E-state index contributed by atoms with van der Waals surface area (Å²) in [5.74, 6) is -0.978. The summed E-state index contributed by atoms with van der Waals surface area (Å²) in [6, 6.07) is 21.8. The van der Waals surface area contributed by atoms with Crippen molar-refractivity contribution in [2.75, 3.05) is 12.4 Å². The van der Waals surface area contributed by atoms with E-state index in [1.807, 2.05) is 44.2 Å². The molecular formula is C25H25NO4. The summed E-state index contributed by atoms with van der Waals surface area (Å²) in [5.41, 5.74) is 4.47. The van der Waals surface area contributed by atoms with E-state index >= 15 is 0 Å². The number of hydrogen-bond donors (Lipinski definition) is 1. The van der Waals surface area contributed by atoms with Crippen molar-refractivity contribution in [3.8, 4) is 0 Å². The number of nitrogens with one attached hydrogen (secondary N) is 1. The number of carbonyl (C=O) groups excluding carboxylic acids is 2. The van der Waals surface area contributed by atoms with Gasteiger partial charge in [-0.25, -0.2) is 4.79 Å². The van der Waals surface area contributed by atoms with Crippen LogP contribution >= 0.6 is 0 Å². The van der Waals surface area contributed by atoms with Crippen molar-refractivity contribution in [3.63, 3.8) is 0 Å². The average Bonchev–Trinajstić information content (AvgIpc) is 2.75. The van der Waals surface area contributed by atoms with Crippen molar-refractivity contribution >= 4 is 17.6 Å². The fraction of sp³-hybridized carbons (Fsp3) is 0.200. The van der Waals surface area contributed by atoms with Gasteiger partial charge in [-0.3, -0.25) is 4.79 Å². The second-order valence-corrected chi connectivity index (χ2v) is 7.14. The van der Waals surface area contributed by atoms with Gasteiger partial charge in [0.25, 0.3) is 5.91 Å². The molecule has 5 nitrogen and oxygen atoms in total. The first-order valence-corrected chi connectivity index (χ1v) is 9.70. The molecule has 0 aliphatic heterocycles. The number of benzene rings is 3. The van der Waals surface area contributed by atoms with Crippen LogP contribution in [0.1, 0.15) is 38.7 Å². The highest BCUT2D eigenvalue weighted by Gasteiger charge is 2.26. The van der Waals surface area contributed by atoms with Crippen molar-refractivity contribution in [1.29, 1.82) is 0 Å². The Bertz CT molecular complexity index is 1030. The summed E-state index contributed by atoms with van der Waals surface area (Å²) in [4.78, 5) is 25.9. The number of hydrogen-bond acceptors (Lipinski definition) is 4. The zero-order chi connectivity index (χ0) is 21.5. The first-order chi connectivity index (χ1) is 14.5. The molecule has 0 aromatic heterocycles. The first-order valence-electron chi connectivity index (χ1n) is 9.70. The molecule has 0 aliphatic rings. The van der Waals surface area contributed by atoms with E-state index in [9.17, 15) is 9.59 Å². The van der Waals surface area contributed by atoms with Crippen molar-refractivity contribution in [2.45, 2.75) is 26.6 Å². The van der Waals surface area contributed by atoms with Crippen LogP contribution in [0.3, 0.4) is 0 Å². The van der Waals surface area contributed by atoms with Gasteiger partial charge in [0.2, 0.25) is 6.10 Å². The van der Waals surface area contributed by atoms with Gasteiger partial charge in [-0.1, -0.05) is 54.6 Å². The molecule has 30 heavy (non-hydrogen) atoms. The molecule has 5 heteroatoms. The van der Waals surface area contributed by atoms with Crippen molar-refractivity contribution in [3.05, 3.63) is 101 Å². The highest BCUT2D eigenvalue weighted by atomic mass is 16.5. The number of anilines is 1. The number of esters is 1. The van der Waals surface area contributed by atoms with E-state index in [4.69, 9.17) is 9.47 Å². The molecule has 3 rings (SSSR count). The second kappa shape index (κ2) is 9.85. The summed E-state index contributed by atoms with van der Waals surface area (Å²) < 4.78 is 10.8. The van der Waals surface area contributed by atoms with E-state index in [2.05, 4.69) is 5.32 Å².